The Morgan fingerprint density at radius 2 is 1.97 bits per heavy atom. The van der Waals surface area contributed by atoms with Crippen molar-refractivity contribution in [3.05, 3.63) is 35.0 Å². The molecule has 1 aromatic heterocycles. The Morgan fingerprint density at radius 3 is 2.62 bits per heavy atom. The van der Waals surface area contributed by atoms with Gasteiger partial charge in [-0.25, -0.2) is 0 Å². The molecule has 0 aliphatic carbocycles. The maximum atomic E-state index is 6.09. The Bertz CT molecular complexity index is 633. The highest BCUT2D eigenvalue weighted by molar-refractivity contribution is 8.04. The van der Waals surface area contributed by atoms with Crippen molar-refractivity contribution in [1.82, 2.24) is 9.88 Å². The molecule has 160 valence electrons. The molecule has 0 radical (unpaired) electrons. The first kappa shape index (κ1) is 22.6. The smallest absolute Gasteiger partial charge is 0.372 e. The standard InChI is InChI=1S/C21H33N3O3SSi/c1-2-3-15-28-21(17-20-6-4-7-22-18-20)19-23-8-5-16-29-25-12-9-24(10-13-26-29)11-14-27-29/h4,6-7,17-19H,2-3,5,8-16H2,1H3. The average molecular weight is 436 g/mol. The Morgan fingerprint density at radius 1 is 1.21 bits per heavy atom. The van der Waals surface area contributed by atoms with Gasteiger partial charge in [-0.05, 0) is 36.3 Å². The minimum Gasteiger partial charge on any atom is -0.372 e. The highest BCUT2D eigenvalue weighted by atomic mass is 32.2. The van der Waals surface area contributed by atoms with Gasteiger partial charge in [0.2, 0.25) is 0 Å². The fourth-order valence-corrected chi connectivity index (χ4v) is 6.80. The number of thioether (sulfide) groups is 1. The molecule has 0 atom stereocenters. The van der Waals surface area contributed by atoms with Gasteiger partial charge in [0.1, 0.15) is 0 Å². The summed E-state index contributed by atoms with van der Waals surface area (Å²) in [7, 11) is -2.52. The lowest BCUT2D eigenvalue weighted by Crippen LogP contribution is -2.55. The van der Waals surface area contributed by atoms with Gasteiger partial charge < -0.3 is 13.3 Å². The number of pyridine rings is 1. The second-order valence-corrected chi connectivity index (χ2v) is 11.1. The van der Waals surface area contributed by atoms with Crippen LogP contribution >= 0.6 is 11.8 Å². The van der Waals surface area contributed by atoms with Crippen LogP contribution < -0.4 is 0 Å². The number of hydrogen-bond donors (Lipinski definition) is 0. The van der Waals surface area contributed by atoms with E-state index in [2.05, 4.69) is 33.9 Å². The van der Waals surface area contributed by atoms with E-state index in [0.717, 1.165) is 50.0 Å². The van der Waals surface area contributed by atoms with E-state index < -0.39 is 8.80 Å². The van der Waals surface area contributed by atoms with Crippen LogP contribution in [0.15, 0.2) is 34.4 Å². The highest BCUT2D eigenvalue weighted by Crippen LogP contribution is 2.22. The first-order valence-electron chi connectivity index (χ1n) is 10.7. The van der Waals surface area contributed by atoms with Crippen molar-refractivity contribution in [2.24, 2.45) is 4.99 Å². The third-order valence-electron chi connectivity index (χ3n) is 4.94. The number of fused-ring (bicyclic) bond motifs is 6. The molecule has 0 unspecified atom stereocenters. The number of aromatic nitrogens is 1. The van der Waals surface area contributed by atoms with E-state index in [1.807, 2.05) is 30.2 Å². The molecule has 3 aliphatic rings. The number of allylic oxidation sites excluding steroid dienone is 1. The van der Waals surface area contributed by atoms with Crippen molar-refractivity contribution in [2.75, 3.05) is 51.8 Å². The molecule has 29 heavy (non-hydrogen) atoms. The molecule has 8 heteroatoms. The third kappa shape index (κ3) is 7.96. The molecule has 2 bridgehead atoms. The molecular weight excluding hydrogens is 402 g/mol. The summed E-state index contributed by atoms with van der Waals surface area (Å²) in [6.07, 6.45) is 11.2. The van der Waals surface area contributed by atoms with Gasteiger partial charge in [0, 0.05) is 55.7 Å². The predicted octanol–water partition coefficient (Wildman–Crippen LogP) is 3.73. The van der Waals surface area contributed by atoms with Crippen molar-refractivity contribution < 1.29 is 13.3 Å². The Balaban J connectivity index is 1.51. The lowest BCUT2D eigenvalue weighted by atomic mass is 10.2. The monoisotopic (exact) mass is 435 g/mol. The maximum absolute atomic E-state index is 6.09. The van der Waals surface area contributed by atoms with E-state index in [-0.39, 0.29) is 0 Å². The quantitative estimate of drug-likeness (QED) is 0.317. The van der Waals surface area contributed by atoms with Gasteiger partial charge in [0.15, 0.2) is 0 Å². The molecule has 0 N–H and O–H groups in total. The number of aliphatic imine (C=N–C) groups is 1. The molecule has 4 heterocycles. The van der Waals surface area contributed by atoms with Crippen LogP contribution in [-0.2, 0) is 13.3 Å². The summed E-state index contributed by atoms with van der Waals surface area (Å²) < 4.78 is 18.3. The summed E-state index contributed by atoms with van der Waals surface area (Å²) in [4.78, 5) is 12.4. The average Bonchev–Trinajstić information content (AvgIpc) is 2.69. The van der Waals surface area contributed by atoms with Crippen LogP contribution in [0.3, 0.4) is 0 Å². The summed E-state index contributed by atoms with van der Waals surface area (Å²) in [6.45, 7) is 8.06. The Labute approximate surface area is 180 Å². The lowest BCUT2D eigenvalue weighted by molar-refractivity contribution is -0.00841. The first-order chi connectivity index (χ1) is 14.3. The molecular formula is C21H33N3O3SSi. The van der Waals surface area contributed by atoms with Gasteiger partial charge in [-0.2, -0.15) is 0 Å². The minimum absolute atomic E-state index is 0.710. The second kappa shape index (κ2) is 12.6. The normalized spacial score (nSPS) is 25.7. The molecule has 1 aromatic rings. The molecule has 0 saturated carbocycles. The Hall–Kier alpha value is -1.03. The Kier molecular flexibility index (Phi) is 9.85. The van der Waals surface area contributed by atoms with Crippen LogP contribution in [0, 0.1) is 0 Å². The summed E-state index contributed by atoms with van der Waals surface area (Å²) in [5.41, 5.74) is 1.11. The molecule has 3 aliphatic heterocycles. The van der Waals surface area contributed by atoms with Crippen LogP contribution in [0.1, 0.15) is 31.7 Å². The largest absolute Gasteiger partial charge is 0.501 e. The van der Waals surface area contributed by atoms with E-state index in [0.29, 0.717) is 19.8 Å². The first-order valence-corrected chi connectivity index (χ1v) is 13.6. The highest BCUT2D eigenvalue weighted by Gasteiger charge is 2.43. The van der Waals surface area contributed by atoms with Crippen LogP contribution in [-0.4, -0.2) is 76.7 Å². The summed E-state index contributed by atoms with van der Waals surface area (Å²) in [5, 5.41) is 0. The molecule has 4 rings (SSSR count). The zero-order valence-corrected chi connectivity index (χ0v) is 19.2. The van der Waals surface area contributed by atoms with Gasteiger partial charge in [-0.1, -0.05) is 19.4 Å². The summed E-state index contributed by atoms with van der Waals surface area (Å²) in [6, 6.07) is 4.88. The van der Waals surface area contributed by atoms with Crippen molar-refractivity contribution in [3.8, 4) is 0 Å². The molecule has 0 spiro atoms. The van der Waals surface area contributed by atoms with Crippen molar-refractivity contribution in [1.29, 1.82) is 0 Å². The molecule has 3 saturated heterocycles. The van der Waals surface area contributed by atoms with E-state index in [9.17, 15) is 0 Å². The zero-order valence-electron chi connectivity index (χ0n) is 17.4. The SMILES string of the molecule is CCCCSC(C=NCCC[Si]12OCCN(CCO1)CCO2)=Cc1cccnc1. The van der Waals surface area contributed by atoms with Crippen molar-refractivity contribution in [2.45, 2.75) is 32.2 Å². The topological polar surface area (TPSA) is 56.2 Å². The molecule has 3 fully saturated rings. The van der Waals surface area contributed by atoms with E-state index in [1.54, 1.807) is 6.20 Å². The van der Waals surface area contributed by atoms with Crippen LogP contribution in [0.5, 0.6) is 0 Å². The molecule has 0 amide bonds. The van der Waals surface area contributed by atoms with Gasteiger partial charge in [0.25, 0.3) is 0 Å². The summed E-state index contributed by atoms with van der Waals surface area (Å²) >= 11 is 1.86. The van der Waals surface area contributed by atoms with Crippen molar-refractivity contribution in [3.63, 3.8) is 0 Å². The van der Waals surface area contributed by atoms with Gasteiger partial charge in [-0.15, -0.1) is 11.8 Å². The van der Waals surface area contributed by atoms with Crippen molar-refractivity contribution >= 4 is 32.9 Å². The van der Waals surface area contributed by atoms with Gasteiger partial charge in [0.05, 0.1) is 19.8 Å². The summed E-state index contributed by atoms with van der Waals surface area (Å²) in [5.74, 6) is 1.11. The van der Waals surface area contributed by atoms with Crippen LogP contribution in [0.25, 0.3) is 6.08 Å². The maximum Gasteiger partial charge on any atom is 0.501 e. The fraction of sp³-hybridized carbons (Fsp3) is 0.619. The van der Waals surface area contributed by atoms with E-state index in [4.69, 9.17) is 13.3 Å². The van der Waals surface area contributed by atoms with Crippen LogP contribution in [0.4, 0.5) is 0 Å². The van der Waals surface area contributed by atoms with Crippen LogP contribution in [0.2, 0.25) is 6.04 Å². The number of nitrogens with zero attached hydrogens (tertiary/aromatic N) is 3. The number of hydrogen-bond acceptors (Lipinski definition) is 7. The molecule has 0 aromatic carbocycles. The zero-order chi connectivity index (χ0) is 20.2. The lowest BCUT2D eigenvalue weighted by Gasteiger charge is -2.38. The van der Waals surface area contributed by atoms with Gasteiger partial charge >= 0.3 is 8.80 Å². The van der Waals surface area contributed by atoms with Gasteiger partial charge in [-0.3, -0.25) is 14.9 Å². The minimum atomic E-state index is -2.52. The molecule has 6 nitrogen and oxygen atoms in total. The number of unbranched alkanes of at least 4 members (excludes halogenated alkanes) is 1. The number of rotatable bonds is 10. The fourth-order valence-electron chi connectivity index (χ4n) is 3.29. The second-order valence-electron chi connectivity index (χ2n) is 7.24. The van der Waals surface area contributed by atoms with E-state index >= 15 is 0 Å². The third-order valence-corrected chi connectivity index (χ3v) is 8.88. The van der Waals surface area contributed by atoms with E-state index in [1.165, 1.54) is 17.7 Å². The predicted molar refractivity (Wildman–Crippen MR) is 122 cm³/mol.